The molecule has 0 aliphatic carbocycles. The lowest BCUT2D eigenvalue weighted by atomic mass is 9.98. The number of hydrogen-bond acceptors (Lipinski definition) is 3. The Balaban J connectivity index is 2.53. The second-order valence-electron chi connectivity index (χ2n) is 4.71. The van der Waals surface area contributed by atoms with Crippen molar-refractivity contribution < 1.29 is 13.5 Å². The van der Waals surface area contributed by atoms with E-state index in [1.165, 1.54) is 4.31 Å². The van der Waals surface area contributed by atoms with E-state index in [0.717, 1.165) is 11.1 Å². The van der Waals surface area contributed by atoms with Gasteiger partial charge in [0.1, 0.15) is 0 Å². The first-order valence-electron chi connectivity index (χ1n) is 6.25. The highest BCUT2D eigenvalue weighted by atomic mass is 32.2. The van der Waals surface area contributed by atoms with Gasteiger partial charge in [-0.25, -0.2) is 8.42 Å². The quantitative estimate of drug-likeness (QED) is 0.912. The van der Waals surface area contributed by atoms with E-state index < -0.39 is 16.1 Å². The van der Waals surface area contributed by atoms with Gasteiger partial charge in [0.15, 0.2) is 0 Å². The number of nitrogens with zero attached hydrogens (tertiary/aromatic N) is 1. The summed E-state index contributed by atoms with van der Waals surface area (Å²) >= 11 is 0. The van der Waals surface area contributed by atoms with Gasteiger partial charge in [-0.3, -0.25) is 4.31 Å². The van der Waals surface area contributed by atoms with Crippen LogP contribution in [0.25, 0.3) is 0 Å². The van der Waals surface area contributed by atoms with Crippen LogP contribution in [0, 0.1) is 6.92 Å². The number of aliphatic hydroxyl groups excluding tert-OH is 1. The fraction of sp³-hybridized carbons (Fsp3) is 0.538. The van der Waals surface area contributed by atoms with Crippen LogP contribution in [-0.4, -0.2) is 25.8 Å². The molecule has 0 saturated carbocycles. The van der Waals surface area contributed by atoms with E-state index in [4.69, 9.17) is 0 Å². The summed E-state index contributed by atoms with van der Waals surface area (Å²) in [7, 11) is -3.27. The molecule has 0 saturated heterocycles. The maximum atomic E-state index is 12.3. The molecule has 5 heteroatoms. The fourth-order valence-corrected chi connectivity index (χ4v) is 4.09. The molecule has 0 radical (unpaired) electrons. The smallest absolute Gasteiger partial charge is 0.235 e. The van der Waals surface area contributed by atoms with E-state index >= 15 is 0 Å². The first-order chi connectivity index (χ1) is 8.47. The third-order valence-corrected chi connectivity index (χ3v) is 5.24. The van der Waals surface area contributed by atoms with E-state index in [9.17, 15) is 13.5 Å². The predicted molar refractivity (Wildman–Crippen MR) is 72.2 cm³/mol. The average Bonchev–Trinajstić information content (AvgIpc) is 2.30. The second-order valence-corrected chi connectivity index (χ2v) is 6.72. The maximum Gasteiger partial charge on any atom is 0.235 e. The number of sulfonamides is 1. The molecular formula is C13H19NO3S. The van der Waals surface area contributed by atoms with Crippen molar-refractivity contribution in [1.82, 2.24) is 0 Å². The first kappa shape index (κ1) is 13.4. The van der Waals surface area contributed by atoms with Crippen LogP contribution in [0.4, 0.5) is 5.69 Å². The average molecular weight is 269 g/mol. The molecule has 2 rings (SSSR count). The molecule has 1 aromatic rings. The fourth-order valence-electron chi connectivity index (χ4n) is 2.44. The summed E-state index contributed by atoms with van der Waals surface area (Å²) in [6, 6.07) is 5.54. The highest BCUT2D eigenvalue weighted by Gasteiger charge is 2.31. The third-order valence-electron chi connectivity index (χ3n) is 3.28. The van der Waals surface area contributed by atoms with Crippen LogP contribution in [0.2, 0.25) is 0 Å². The molecule has 0 fully saturated rings. The van der Waals surface area contributed by atoms with Crippen LogP contribution in [0.5, 0.6) is 0 Å². The van der Waals surface area contributed by atoms with Crippen LogP contribution >= 0.6 is 0 Å². The van der Waals surface area contributed by atoms with Crippen molar-refractivity contribution >= 4 is 15.7 Å². The molecule has 18 heavy (non-hydrogen) atoms. The Morgan fingerprint density at radius 3 is 2.83 bits per heavy atom. The van der Waals surface area contributed by atoms with Crippen molar-refractivity contribution in [3.8, 4) is 0 Å². The highest BCUT2D eigenvalue weighted by molar-refractivity contribution is 7.92. The van der Waals surface area contributed by atoms with Gasteiger partial charge in [0.05, 0.1) is 17.5 Å². The molecule has 4 nitrogen and oxygen atoms in total. The number of aryl methyl sites for hydroxylation is 1. The first-order valence-corrected chi connectivity index (χ1v) is 7.86. The number of aliphatic hydroxyl groups is 1. The number of fused-ring (bicyclic) bond motifs is 1. The van der Waals surface area contributed by atoms with Crippen molar-refractivity contribution in [1.29, 1.82) is 0 Å². The number of benzene rings is 1. The van der Waals surface area contributed by atoms with E-state index in [1.807, 2.05) is 26.0 Å². The monoisotopic (exact) mass is 269 g/mol. The molecule has 0 amide bonds. The number of hydrogen-bond donors (Lipinski definition) is 1. The molecule has 1 aliphatic rings. The van der Waals surface area contributed by atoms with Crippen molar-refractivity contribution in [2.75, 3.05) is 16.6 Å². The number of para-hydroxylation sites is 1. The summed E-state index contributed by atoms with van der Waals surface area (Å²) in [6.45, 7) is 4.10. The largest absolute Gasteiger partial charge is 0.388 e. The third kappa shape index (κ3) is 2.24. The Kier molecular flexibility index (Phi) is 3.64. The lowest BCUT2D eigenvalue weighted by molar-refractivity contribution is 0.166. The summed E-state index contributed by atoms with van der Waals surface area (Å²) in [5, 5.41) is 9.98. The number of rotatable bonds is 3. The highest BCUT2D eigenvalue weighted by Crippen LogP contribution is 2.37. The maximum absolute atomic E-state index is 12.3. The van der Waals surface area contributed by atoms with Gasteiger partial charge in [0.2, 0.25) is 10.0 Å². The Morgan fingerprint density at radius 1 is 1.44 bits per heavy atom. The number of anilines is 1. The van der Waals surface area contributed by atoms with Gasteiger partial charge in [-0.2, -0.15) is 0 Å². The van der Waals surface area contributed by atoms with Crippen LogP contribution in [0.3, 0.4) is 0 Å². The molecule has 1 atom stereocenters. The van der Waals surface area contributed by atoms with Crippen molar-refractivity contribution in [2.24, 2.45) is 0 Å². The van der Waals surface area contributed by atoms with Gasteiger partial charge < -0.3 is 5.11 Å². The van der Waals surface area contributed by atoms with E-state index in [0.29, 0.717) is 25.1 Å². The topological polar surface area (TPSA) is 57.6 Å². The molecule has 1 N–H and O–H groups in total. The second kappa shape index (κ2) is 4.90. The molecule has 100 valence electrons. The lowest BCUT2D eigenvalue weighted by Gasteiger charge is -2.34. The molecule has 0 bridgehead atoms. The van der Waals surface area contributed by atoms with Gasteiger partial charge in [-0.15, -0.1) is 0 Å². The van der Waals surface area contributed by atoms with Gasteiger partial charge in [0, 0.05) is 12.1 Å². The SMILES string of the molecule is CCCS(=O)(=O)N1CCC(O)c2cccc(C)c21. The molecule has 0 spiro atoms. The van der Waals surface area contributed by atoms with Gasteiger partial charge in [0.25, 0.3) is 0 Å². The molecule has 1 heterocycles. The zero-order valence-corrected chi connectivity index (χ0v) is 11.6. The Bertz CT molecular complexity index is 539. The minimum absolute atomic E-state index is 0.150. The Hall–Kier alpha value is -1.07. The van der Waals surface area contributed by atoms with Crippen LogP contribution < -0.4 is 4.31 Å². The molecule has 0 aromatic heterocycles. The molecule has 1 unspecified atom stereocenters. The van der Waals surface area contributed by atoms with E-state index in [-0.39, 0.29) is 5.75 Å². The van der Waals surface area contributed by atoms with Crippen molar-refractivity contribution in [2.45, 2.75) is 32.8 Å². The minimum atomic E-state index is -3.27. The zero-order chi connectivity index (χ0) is 13.3. The van der Waals surface area contributed by atoms with Gasteiger partial charge in [-0.05, 0) is 25.3 Å². The van der Waals surface area contributed by atoms with Crippen LogP contribution in [0.1, 0.15) is 37.0 Å². The normalized spacial score (nSPS) is 19.7. The predicted octanol–water partition coefficient (Wildman–Crippen LogP) is 1.98. The van der Waals surface area contributed by atoms with E-state index in [1.54, 1.807) is 6.07 Å². The molecule has 1 aliphatic heterocycles. The Morgan fingerprint density at radius 2 is 2.17 bits per heavy atom. The summed E-state index contributed by atoms with van der Waals surface area (Å²) in [5.41, 5.74) is 2.29. The summed E-state index contributed by atoms with van der Waals surface area (Å²) in [5.74, 6) is 0.150. The molecule has 1 aromatic carbocycles. The van der Waals surface area contributed by atoms with Gasteiger partial charge >= 0.3 is 0 Å². The van der Waals surface area contributed by atoms with Crippen molar-refractivity contribution in [3.63, 3.8) is 0 Å². The minimum Gasteiger partial charge on any atom is -0.388 e. The van der Waals surface area contributed by atoms with Gasteiger partial charge in [-0.1, -0.05) is 25.1 Å². The Labute approximate surface area is 108 Å². The molecular weight excluding hydrogens is 250 g/mol. The van der Waals surface area contributed by atoms with Crippen LogP contribution in [0.15, 0.2) is 18.2 Å². The summed E-state index contributed by atoms with van der Waals surface area (Å²) in [6.07, 6.45) is 0.495. The van der Waals surface area contributed by atoms with E-state index in [2.05, 4.69) is 0 Å². The summed E-state index contributed by atoms with van der Waals surface area (Å²) < 4.78 is 26.0. The zero-order valence-electron chi connectivity index (χ0n) is 10.8. The van der Waals surface area contributed by atoms with Crippen LogP contribution in [-0.2, 0) is 10.0 Å². The van der Waals surface area contributed by atoms with Crippen molar-refractivity contribution in [3.05, 3.63) is 29.3 Å². The standard InChI is InChI=1S/C13H19NO3S/c1-3-9-18(16,17)14-8-7-12(15)11-6-4-5-10(2)13(11)14/h4-6,12,15H,3,7-9H2,1-2H3. The summed E-state index contributed by atoms with van der Waals surface area (Å²) in [4.78, 5) is 0. The lowest BCUT2D eigenvalue weighted by Crippen LogP contribution is -2.38.